The summed E-state index contributed by atoms with van der Waals surface area (Å²) in [6, 6.07) is 0. The highest BCUT2D eigenvalue weighted by Crippen LogP contribution is 2.19. The molecule has 0 bridgehead atoms. The lowest BCUT2D eigenvalue weighted by Crippen LogP contribution is -2.18. The number of carbonyl (C=O) groups excluding carboxylic acids is 1. The van der Waals surface area contributed by atoms with Crippen molar-refractivity contribution in [2.75, 3.05) is 0 Å². The lowest BCUT2D eigenvalue weighted by atomic mass is 10.0. The van der Waals surface area contributed by atoms with E-state index in [9.17, 15) is 4.79 Å². The Morgan fingerprint density at radius 2 is 0.705 bits per heavy atom. The van der Waals surface area contributed by atoms with Crippen molar-refractivity contribution in [1.29, 1.82) is 0 Å². The van der Waals surface area contributed by atoms with Crippen molar-refractivity contribution in [2.45, 2.75) is 252 Å². The quantitative estimate of drug-likeness (QED) is 0.0393. The van der Waals surface area contributed by atoms with E-state index in [-0.39, 0.29) is 12.1 Å². The van der Waals surface area contributed by atoms with Crippen LogP contribution in [0.1, 0.15) is 245 Å². The summed E-state index contributed by atoms with van der Waals surface area (Å²) >= 11 is 0. The number of hydrogen-bond acceptors (Lipinski definition) is 2. The molecule has 44 heavy (non-hydrogen) atoms. The molecule has 0 aromatic rings. The topological polar surface area (TPSA) is 26.3 Å². The predicted octanol–water partition coefficient (Wildman–Crippen LogP) is 15.2. The molecule has 0 fully saturated rings. The number of rotatable bonds is 37. The Hall–Kier alpha value is -0.790. The van der Waals surface area contributed by atoms with Crippen LogP contribution in [0, 0.1) is 0 Å². The van der Waals surface area contributed by atoms with E-state index in [0.29, 0.717) is 6.42 Å². The van der Waals surface area contributed by atoms with Gasteiger partial charge < -0.3 is 4.74 Å². The third-order valence-electron chi connectivity index (χ3n) is 9.45. The fourth-order valence-corrected chi connectivity index (χ4v) is 6.39. The molecule has 2 heteroatoms. The normalized spacial score (nSPS) is 12.3. The minimum Gasteiger partial charge on any atom is -0.462 e. The number of allylic oxidation sites excluding steroid dienone is 2. The van der Waals surface area contributed by atoms with E-state index in [2.05, 4.69) is 32.9 Å². The summed E-state index contributed by atoms with van der Waals surface area (Å²) in [6.45, 7) is 6.85. The largest absolute Gasteiger partial charge is 0.462 e. The molecule has 0 aliphatic rings. The molecule has 0 aromatic carbocycles. The van der Waals surface area contributed by atoms with Gasteiger partial charge in [0.05, 0.1) is 0 Å². The van der Waals surface area contributed by atoms with E-state index in [4.69, 9.17) is 4.74 Å². The zero-order chi connectivity index (χ0) is 32.0. The summed E-state index contributed by atoms with van der Waals surface area (Å²) in [5.41, 5.74) is 0. The average Bonchev–Trinajstić information content (AvgIpc) is 3.02. The Balaban J connectivity index is 3.81. The first-order valence-electron chi connectivity index (χ1n) is 20.6. The summed E-state index contributed by atoms with van der Waals surface area (Å²) in [5.74, 6) is 0.0681. The smallest absolute Gasteiger partial charge is 0.306 e. The molecule has 0 radical (unpaired) electrons. The van der Waals surface area contributed by atoms with E-state index in [0.717, 1.165) is 19.3 Å². The molecule has 0 N–H and O–H groups in total. The molecule has 1 unspecified atom stereocenters. The summed E-state index contributed by atoms with van der Waals surface area (Å²) in [4.78, 5) is 12.7. The van der Waals surface area contributed by atoms with Gasteiger partial charge in [0.1, 0.15) is 6.10 Å². The van der Waals surface area contributed by atoms with Crippen molar-refractivity contribution >= 4 is 5.97 Å². The first-order valence-corrected chi connectivity index (χ1v) is 20.6. The van der Waals surface area contributed by atoms with Crippen molar-refractivity contribution in [3.63, 3.8) is 0 Å². The maximum atomic E-state index is 12.7. The lowest BCUT2D eigenvalue weighted by molar-refractivity contribution is -0.150. The highest BCUT2D eigenvalue weighted by molar-refractivity contribution is 5.69. The second kappa shape index (κ2) is 38.4. The third kappa shape index (κ3) is 35.7. The standard InChI is InChI=1S/C42H82O2/c1-4-7-10-13-16-18-19-20-21-22-23-24-25-26-27-28-31-34-37-40-42(43)44-41(38-35-32-29-15-12-9-6-3)39-36-33-30-17-14-11-8-5-2/h20-21,41H,4-19,22-40H2,1-3H3. The van der Waals surface area contributed by atoms with E-state index >= 15 is 0 Å². The Kier molecular flexibility index (Phi) is 37.7. The van der Waals surface area contributed by atoms with Crippen LogP contribution in [0.3, 0.4) is 0 Å². The van der Waals surface area contributed by atoms with Crippen molar-refractivity contribution in [3.8, 4) is 0 Å². The van der Waals surface area contributed by atoms with Crippen molar-refractivity contribution in [3.05, 3.63) is 12.2 Å². The second-order valence-electron chi connectivity index (χ2n) is 14.0. The molecule has 0 amide bonds. The fraction of sp³-hybridized carbons (Fsp3) is 0.929. The maximum absolute atomic E-state index is 12.7. The van der Waals surface area contributed by atoms with E-state index < -0.39 is 0 Å². The van der Waals surface area contributed by atoms with Gasteiger partial charge in [-0.15, -0.1) is 0 Å². The van der Waals surface area contributed by atoms with E-state index in [1.54, 1.807) is 0 Å². The van der Waals surface area contributed by atoms with Crippen molar-refractivity contribution in [1.82, 2.24) is 0 Å². The van der Waals surface area contributed by atoms with Gasteiger partial charge in [0.25, 0.3) is 0 Å². The monoisotopic (exact) mass is 619 g/mol. The Morgan fingerprint density at radius 3 is 1.07 bits per heavy atom. The van der Waals surface area contributed by atoms with Crippen molar-refractivity contribution in [2.24, 2.45) is 0 Å². The SMILES string of the molecule is CCCCCCCCC=CCCCCCCCCCCCC(=O)OC(CCCCCCCCC)CCCCCCCCCC. The molecule has 0 heterocycles. The average molecular weight is 619 g/mol. The molecule has 1 atom stereocenters. The summed E-state index contributed by atoms with van der Waals surface area (Å²) in [6.07, 6.45) is 50.4. The molecule has 0 aromatic heterocycles. The number of unbranched alkanes of at least 4 members (excludes halogenated alkanes) is 28. The van der Waals surface area contributed by atoms with Crippen LogP contribution in [0.4, 0.5) is 0 Å². The molecule has 0 saturated heterocycles. The molecule has 0 aliphatic heterocycles. The number of ether oxygens (including phenoxy) is 1. The maximum Gasteiger partial charge on any atom is 0.306 e. The van der Waals surface area contributed by atoms with Crippen LogP contribution >= 0.6 is 0 Å². The minimum absolute atomic E-state index is 0.0681. The molecular formula is C42H82O2. The van der Waals surface area contributed by atoms with Crippen LogP contribution in [0.15, 0.2) is 12.2 Å². The lowest BCUT2D eigenvalue weighted by Gasteiger charge is -2.18. The van der Waals surface area contributed by atoms with Crippen LogP contribution in [-0.4, -0.2) is 12.1 Å². The highest BCUT2D eigenvalue weighted by atomic mass is 16.5. The van der Waals surface area contributed by atoms with Gasteiger partial charge in [0.15, 0.2) is 0 Å². The number of esters is 1. The third-order valence-corrected chi connectivity index (χ3v) is 9.45. The van der Waals surface area contributed by atoms with Gasteiger partial charge in [-0.1, -0.05) is 193 Å². The molecule has 2 nitrogen and oxygen atoms in total. The summed E-state index contributed by atoms with van der Waals surface area (Å²) in [5, 5.41) is 0. The van der Waals surface area contributed by atoms with Crippen LogP contribution in [0.5, 0.6) is 0 Å². The highest BCUT2D eigenvalue weighted by Gasteiger charge is 2.14. The van der Waals surface area contributed by atoms with Gasteiger partial charge in [-0.3, -0.25) is 4.79 Å². The van der Waals surface area contributed by atoms with Gasteiger partial charge in [-0.25, -0.2) is 0 Å². The summed E-state index contributed by atoms with van der Waals surface area (Å²) in [7, 11) is 0. The Labute approximate surface area is 278 Å². The van der Waals surface area contributed by atoms with E-state index in [1.807, 2.05) is 0 Å². The van der Waals surface area contributed by atoms with Crippen LogP contribution in [0.2, 0.25) is 0 Å². The number of carbonyl (C=O) groups is 1. The molecule has 0 spiro atoms. The molecule has 262 valence electrons. The summed E-state index contributed by atoms with van der Waals surface area (Å²) < 4.78 is 6.05. The van der Waals surface area contributed by atoms with Gasteiger partial charge in [0, 0.05) is 6.42 Å². The molecular weight excluding hydrogens is 536 g/mol. The van der Waals surface area contributed by atoms with Gasteiger partial charge >= 0.3 is 5.97 Å². The predicted molar refractivity (Wildman–Crippen MR) is 198 cm³/mol. The van der Waals surface area contributed by atoms with Crippen LogP contribution < -0.4 is 0 Å². The molecule has 0 rings (SSSR count). The molecule has 0 saturated carbocycles. The van der Waals surface area contributed by atoms with Crippen molar-refractivity contribution < 1.29 is 9.53 Å². The first-order chi connectivity index (χ1) is 21.7. The zero-order valence-electron chi connectivity index (χ0n) is 30.8. The van der Waals surface area contributed by atoms with Gasteiger partial charge in [-0.2, -0.15) is 0 Å². The number of hydrogen-bond donors (Lipinski definition) is 0. The first kappa shape index (κ1) is 43.2. The van der Waals surface area contributed by atoms with Crippen LogP contribution in [0.25, 0.3) is 0 Å². The second-order valence-corrected chi connectivity index (χ2v) is 14.0. The van der Waals surface area contributed by atoms with Gasteiger partial charge in [-0.05, 0) is 57.8 Å². The minimum atomic E-state index is 0.0681. The Bertz CT molecular complexity index is 568. The van der Waals surface area contributed by atoms with Gasteiger partial charge in [0.2, 0.25) is 0 Å². The molecule has 0 aliphatic carbocycles. The Morgan fingerprint density at radius 1 is 0.409 bits per heavy atom. The fourth-order valence-electron chi connectivity index (χ4n) is 6.39. The zero-order valence-corrected chi connectivity index (χ0v) is 30.8. The van der Waals surface area contributed by atoms with E-state index in [1.165, 1.54) is 199 Å². The van der Waals surface area contributed by atoms with Crippen LogP contribution in [-0.2, 0) is 9.53 Å².